The zero-order chi connectivity index (χ0) is 36.6. The van der Waals surface area contributed by atoms with E-state index in [2.05, 4.69) is 32.7 Å². The Morgan fingerprint density at radius 2 is 1.85 bits per heavy atom. The van der Waals surface area contributed by atoms with Crippen LogP contribution in [0.25, 0.3) is 44.6 Å². The summed E-state index contributed by atoms with van der Waals surface area (Å²) in [6.07, 6.45) is 4.91. The molecule has 0 unspecified atom stereocenters. The maximum Gasteiger partial charge on any atom is 0.387 e. The van der Waals surface area contributed by atoms with Crippen LogP contribution >= 0.6 is 0 Å². The van der Waals surface area contributed by atoms with E-state index in [0.717, 1.165) is 69.5 Å². The summed E-state index contributed by atoms with van der Waals surface area (Å²) >= 11 is 0. The first-order valence-electron chi connectivity index (χ1n) is 17.6. The zero-order valence-corrected chi connectivity index (χ0v) is 29.2. The van der Waals surface area contributed by atoms with Gasteiger partial charge < -0.3 is 29.6 Å². The Morgan fingerprint density at radius 1 is 1.06 bits per heavy atom. The molecule has 1 atom stereocenters. The Morgan fingerprint density at radius 3 is 2.62 bits per heavy atom. The van der Waals surface area contributed by atoms with E-state index in [9.17, 15) is 18.7 Å². The maximum atomic E-state index is 13.4. The van der Waals surface area contributed by atoms with Gasteiger partial charge in [-0.15, -0.1) is 0 Å². The number of nitrogens with zero attached hydrogens (tertiary/aromatic N) is 4. The minimum atomic E-state index is -3.08. The van der Waals surface area contributed by atoms with Gasteiger partial charge in [-0.3, -0.25) is 14.7 Å². The van der Waals surface area contributed by atoms with Gasteiger partial charge in [-0.05, 0) is 91.4 Å². The second-order valence-electron chi connectivity index (χ2n) is 13.6. The monoisotopic (exact) mass is 720 g/mol. The molecule has 6 aromatic rings. The number of alkyl halides is 2. The molecule has 3 N–H and O–H groups in total. The number of aliphatic hydroxyl groups excluding tert-OH is 1. The molecule has 2 fully saturated rings. The van der Waals surface area contributed by atoms with Crippen molar-refractivity contribution in [1.29, 1.82) is 0 Å². The number of β-amino-alcohol motifs (C(OH)–C–C–N with tert-alkyl or cyclic N) is 1. The standard InChI is InChI=1S/C40H38F2N6O5/c1-22-28(29-7-4-9-31(23(29)2)46-37-36-25(11-13-44-37)14-24(17-45-36)18-48-19-27(49)20-48)6-3-8-30(22)38-47-33-15-26(21-51-39(50)32-10-5-12-43-32)34(53-40(41)42)16-35(33)52-38/h3-4,6-9,11,13-17,27,32,40,43,49H,5,10,12,18-21H2,1-2H3,(H,44,46)/t32-/m0/s1. The van der Waals surface area contributed by atoms with Crippen LogP contribution in [0, 0.1) is 13.8 Å². The molecule has 0 aliphatic carbocycles. The Bertz CT molecular complexity index is 2320. The number of oxazole rings is 1. The van der Waals surface area contributed by atoms with Crippen molar-refractivity contribution >= 4 is 39.5 Å². The molecule has 0 radical (unpaired) electrons. The first kappa shape index (κ1) is 34.6. The van der Waals surface area contributed by atoms with Gasteiger partial charge in [0, 0.05) is 60.3 Å². The number of hydrogen-bond acceptors (Lipinski definition) is 11. The van der Waals surface area contributed by atoms with Crippen LogP contribution < -0.4 is 15.4 Å². The SMILES string of the molecule is Cc1c(Nc2nccc3cc(CN4CC(O)C4)cnc23)cccc1-c1cccc(-c2nc3cc(COC(=O)[C@@H]4CCCN4)c(OC(F)F)cc3o2)c1C. The second-order valence-corrected chi connectivity index (χ2v) is 13.6. The number of likely N-dealkylation sites (tertiary alicyclic amines) is 1. The number of aromatic nitrogens is 3. The number of esters is 1. The van der Waals surface area contributed by atoms with E-state index in [4.69, 9.17) is 23.9 Å². The molecule has 272 valence electrons. The molecule has 2 saturated heterocycles. The van der Waals surface area contributed by atoms with Crippen LogP contribution in [-0.2, 0) is 22.7 Å². The zero-order valence-electron chi connectivity index (χ0n) is 29.2. The lowest BCUT2D eigenvalue weighted by atomic mass is 9.93. The third-order valence-electron chi connectivity index (χ3n) is 9.94. The second kappa shape index (κ2) is 14.5. The molecule has 13 heteroatoms. The fraction of sp³-hybridized carbons (Fsp3) is 0.300. The summed E-state index contributed by atoms with van der Waals surface area (Å²) in [5, 5.41) is 17.2. The average Bonchev–Trinajstić information content (AvgIpc) is 3.82. The Balaban J connectivity index is 1.07. The largest absolute Gasteiger partial charge is 0.460 e. The Labute approximate surface area is 304 Å². The summed E-state index contributed by atoms with van der Waals surface area (Å²) in [4.78, 5) is 28.8. The van der Waals surface area contributed by atoms with Crippen molar-refractivity contribution in [2.45, 2.75) is 58.6 Å². The maximum absolute atomic E-state index is 13.4. The fourth-order valence-electron chi connectivity index (χ4n) is 7.13. The van der Waals surface area contributed by atoms with Gasteiger partial charge in [0.05, 0.1) is 6.10 Å². The van der Waals surface area contributed by atoms with Crippen LogP contribution in [0.3, 0.4) is 0 Å². The van der Waals surface area contributed by atoms with E-state index in [1.807, 2.05) is 56.4 Å². The highest BCUT2D eigenvalue weighted by Gasteiger charge is 2.26. The predicted octanol–water partition coefficient (Wildman–Crippen LogP) is 7.04. The first-order valence-corrected chi connectivity index (χ1v) is 17.6. The van der Waals surface area contributed by atoms with Gasteiger partial charge in [0.2, 0.25) is 5.89 Å². The molecular formula is C40H38F2N6O5. The Hall–Kier alpha value is -5.50. The van der Waals surface area contributed by atoms with Gasteiger partial charge in [0.1, 0.15) is 29.4 Å². The van der Waals surface area contributed by atoms with E-state index < -0.39 is 18.6 Å². The Kier molecular flexibility index (Phi) is 9.46. The van der Waals surface area contributed by atoms with Gasteiger partial charge in [0.15, 0.2) is 11.4 Å². The lowest BCUT2D eigenvalue weighted by Crippen LogP contribution is -2.49. The van der Waals surface area contributed by atoms with Crippen molar-refractivity contribution in [3.05, 3.63) is 95.3 Å². The quantitative estimate of drug-likeness (QED) is 0.119. The van der Waals surface area contributed by atoms with Crippen molar-refractivity contribution < 1.29 is 32.6 Å². The van der Waals surface area contributed by atoms with Crippen LogP contribution in [0.5, 0.6) is 5.75 Å². The molecule has 53 heavy (non-hydrogen) atoms. The number of halogens is 2. The van der Waals surface area contributed by atoms with Crippen molar-refractivity contribution in [2.75, 3.05) is 25.0 Å². The van der Waals surface area contributed by atoms with E-state index in [1.54, 1.807) is 12.3 Å². The molecule has 8 rings (SSSR count). The highest BCUT2D eigenvalue weighted by atomic mass is 19.3. The molecule has 2 aliphatic rings. The molecule has 2 aliphatic heterocycles. The predicted molar refractivity (Wildman–Crippen MR) is 196 cm³/mol. The van der Waals surface area contributed by atoms with Crippen molar-refractivity contribution in [3.63, 3.8) is 0 Å². The molecule has 0 saturated carbocycles. The number of hydrogen-bond donors (Lipinski definition) is 3. The third-order valence-corrected chi connectivity index (χ3v) is 9.94. The molecule has 5 heterocycles. The number of ether oxygens (including phenoxy) is 2. The number of nitrogens with one attached hydrogen (secondary N) is 2. The average molecular weight is 721 g/mol. The number of anilines is 2. The van der Waals surface area contributed by atoms with Gasteiger partial charge in [0.25, 0.3) is 0 Å². The molecule has 0 amide bonds. The lowest BCUT2D eigenvalue weighted by molar-refractivity contribution is -0.147. The fourth-order valence-corrected chi connectivity index (χ4v) is 7.13. The molecule has 0 bridgehead atoms. The van der Waals surface area contributed by atoms with E-state index in [1.165, 1.54) is 6.07 Å². The number of pyridine rings is 2. The van der Waals surface area contributed by atoms with Crippen LogP contribution in [-0.4, -0.2) is 69.3 Å². The summed E-state index contributed by atoms with van der Waals surface area (Å²) in [6, 6.07) is 18.5. The molecular weight excluding hydrogens is 682 g/mol. The molecule has 0 spiro atoms. The lowest BCUT2D eigenvalue weighted by Gasteiger charge is -2.35. The first-order chi connectivity index (χ1) is 25.7. The van der Waals surface area contributed by atoms with Crippen LogP contribution in [0.2, 0.25) is 0 Å². The minimum Gasteiger partial charge on any atom is -0.460 e. The van der Waals surface area contributed by atoms with Crippen molar-refractivity contribution in [3.8, 4) is 28.3 Å². The van der Waals surface area contributed by atoms with E-state index in [0.29, 0.717) is 36.7 Å². The number of carbonyl (C=O) groups excluding carboxylic acids is 1. The van der Waals surface area contributed by atoms with Crippen molar-refractivity contribution in [2.24, 2.45) is 0 Å². The normalized spacial score (nSPS) is 16.4. The van der Waals surface area contributed by atoms with E-state index in [-0.39, 0.29) is 29.6 Å². The van der Waals surface area contributed by atoms with E-state index >= 15 is 0 Å². The molecule has 3 aromatic heterocycles. The van der Waals surface area contributed by atoms with Crippen LogP contribution in [0.4, 0.5) is 20.3 Å². The third kappa shape index (κ3) is 7.15. The van der Waals surface area contributed by atoms with Crippen LogP contribution in [0.15, 0.2) is 77.5 Å². The summed E-state index contributed by atoms with van der Waals surface area (Å²) < 4.78 is 43.2. The van der Waals surface area contributed by atoms with Gasteiger partial charge >= 0.3 is 12.6 Å². The van der Waals surface area contributed by atoms with Gasteiger partial charge in [-0.2, -0.15) is 8.78 Å². The number of rotatable bonds is 11. The molecule has 11 nitrogen and oxygen atoms in total. The topological polar surface area (TPSA) is 135 Å². The number of carbonyl (C=O) groups is 1. The highest BCUT2D eigenvalue weighted by Crippen LogP contribution is 2.38. The number of fused-ring (bicyclic) bond motifs is 2. The number of benzene rings is 3. The van der Waals surface area contributed by atoms with Crippen LogP contribution in [0.1, 0.15) is 35.1 Å². The summed E-state index contributed by atoms with van der Waals surface area (Å²) in [5.74, 6) is 0.379. The molecule has 3 aromatic carbocycles. The number of aliphatic hydroxyl groups is 1. The van der Waals surface area contributed by atoms with Gasteiger partial charge in [-0.1, -0.05) is 24.3 Å². The summed E-state index contributed by atoms with van der Waals surface area (Å²) in [6.45, 7) is 3.52. The minimum absolute atomic E-state index is 0.142. The van der Waals surface area contributed by atoms with Crippen molar-refractivity contribution in [1.82, 2.24) is 25.2 Å². The smallest absolute Gasteiger partial charge is 0.387 e. The van der Waals surface area contributed by atoms with Gasteiger partial charge in [-0.25, -0.2) is 9.97 Å². The summed E-state index contributed by atoms with van der Waals surface area (Å²) in [7, 11) is 0. The highest BCUT2D eigenvalue weighted by molar-refractivity contribution is 5.91. The summed E-state index contributed by atoms with van der Waals surface area (Å²) in [5.41, 5.74) is 8.25.